The molecule has 83 heavy (non-hydrogen) atoms. The molecule has 0 saturated carbocycles. The molecule has 0 heterocycles. The minimum atomic E-state index is -1.51. The summed E-state index contributed by atoms with van der Waals surface area (Å²) in [6, 6.07) is 0. The Balaban J connectivity index is 4.10. The van der Waals surface area contributed by atoms with Crippen molar-refractivity contribution in [3.8, 4) is 0 Å². The van der Waals surface area contributed by atoms with Crippen molar-refractivity contribution in [1.29, 1.82) is 0 Å². The molecular formula is C74H134NO8+. The monoisotopic (exact) mass is 1170 g/mol. The molecule has 0 radical (unpaired) electrons. The number of unbranched alkanes of at least 4 members (excludes halogenated alkanes) is 38. The summed E-state index contributed by atoms with van der Waals surface area (Å²) in [6.07, 6.45) is 82.9. The molecule has 0 fully saturated rings. The van der Waals surface area contributed by atoms with Crippen LogP contribution in [0.15, 0.2) is 72.9 Å². The van der Waals surface area contributed by atoms with Gasteiger partial charge in [-0.3, -0.25) is 9.59 Å². The van der Waals surface area contributed by atoms with E-state index in [1.807, 2.05) is 21.1 Å². The first-order valence-electron chi connectivity index (χ1n) is 35.1. The number of ether oxygens (including phenoxy) is 4. The van der Waals surface area contributed by atoms with Crippen LogP contribution >= 0.6 is 0 Å². The molecule has 9 heteroatoms. The smallest absolute Gasteiger partial charge is 0.361 e. The molecule has 0 spiro atoms. The lowest BCUT2D eigenvalue weighted by Crippen LogP contribution is -2.40. The van der Waals surface area contributed by atoms with E-state index in [-0.39, 0.29) is 32.2 Å². The Morgan fingerprint density at radius 2 is 0.651 bits per heavy atom. The summed E-state index contributed by atoms with van der Waals surface area (Å²) in [6.45, 7) is 4.89. The Labute approximate surface area is 513 Å². The van der Waals surface area contributed by atoms with Gasteiger partial charge in [0.05, 0.1) is 34.4 Å². The van der Waals surface area contributed by atoms with E-state index in [2.05, 4.69) is 86.8 Å². The highest BCUT2D eigenvalue weighted by Gasteiger charge is 2.25. The van der Waals surface area contributed by atoms with E-state index in [1.165, 1.54) is 231 Å². The number of nitrogens with zero attached hydrogens (tertiary/aromatic N) is 1. The molecule has 0 aliphatic heterocycles. The van der Waals surface area contributed by atoms with E-state index < -0.39 is 24.3 Å². The topological polar surface area (TPSA) is 108 Å². The van der Waals surface area contributed by atoms with Crippen LogP contribution in [0, 0.1) is 0 Å². The fourth-order valence-corrected chi connectivity index (χ4v) is 10.0. The lowest BCUT2D eigenvalue weighted by Gasteiger charge is -2.25. The Bertz CT molecular complexity index is 1590. The minimum Gasteiger partial charge on any atom is -0.477 e. The van der Waals surface area contributed by atoms with Gasteiger partial charge in [0.15, 0.2) is 6.10 Å². The molecule has 0 aliphatic rings. The molecule has 0 bridgehead atoms. The molecule has 0 aromatic carbocycles. The van der Waals surface area contributed by atoms with Gasteiger partial charge in [0, 0.05) is 12.8 Å². The predicted octanol–water partition coefficient (Wildman–Crippen LogP) is 21.7. The average molecular weight is 1170 g/mol. The van der Waals surface area contributed by atoms with Crippen molar-refractivity contribution < 1.29 is 42.9 Å². The molecule has 9 nitrogen and oxygen atoms in total. The second kappa shape index (κ2) is 64.7. The number of hydrogen-bond acceptors (Lipinski definition) is 7. The van der Waals surface area contributed by atoms with Gasteiger partial charge in [0.25, 0.3) is 6.29 Å². The van der Waals surface area contributed by atoms with E-state index in [0.717, 1.165) is 64.2 Å². The Morgan fingerprint density at radius 3 is 0.964 bits per heavy atom. The third-order valence-corrected chi connectivity index (χ3v) is 15.4. The fraction of sp³-hybridized carbons (Fsp3) is 0.797. The summed E-state index contributed by atoms with van der Waals surface area (Å²) >= 11 is 0. The van der Waals surface area contributed by atoms with Crippen LogP contribution in [-0.4, -0.2) is 87.4 Å². The highest BCUT2D eigenvalue weighted by Crippen LogP contribution is 2.18. The average Bonchev–Trinajstić information content (AvgIpc) is 3.46. The van der Waals surface area contributed by atoms with Gasteiger partial charge in [-0.2, -0.15) is 0 Å². The Hall–Kier alpha value is -3.27. The number of quaternary nitrogens is 1. The summed E-state index contributed by atoms with van der Waals surface area (Å²) in [7, 11) is 5.98. The maximum atomic E-state index is 12.9. The van der Waals surface area contributed by atoms with Crippen LogP contribution in [0.4, 0.5) is 0 Å². The fourth-order valence-electron chi connectivity index (χ4n) is 10.0. The Morgan fingerprint density at radius 1 is 0.361 bits per heavy atom. The zero-order valence-electron chi connectivity index (χ0n) is 55.1. The lowest BCUT2D eigenvalue weighted by molar-refractivity contribution is -0.870. The summed E-state index contributed by atoms with van der Waals surface area (Å²) in [5.74, 6) is -2.00. The first-order chi connectivity index (χ1) is 40.6. The second-order valence-electron chi connectivity index (χ2n) is 24.8. The number of rotatable bonds is 65. The summed E-state index contributed by atoms with van der Waals surface area (Å²) in [5.41, 5.74) is 0. The lowest BCUT2D eigenvalue weighted by atomic mass is 10.0. The van der Waals surface area contributed by atoms with E-state index in [4.69, 9.17) is 18.9 Å². The number of aliphatic carboxylic acids is 1. The number of carboxylic acids is 1. The summed E-state index contributed by atoms with van der Waals surface area (Å²) < 4.78 is 23.0. The van der Waals surface area contributed by atoms with Gasteiger partial charge >= 0.3 is 17.9 Å². The molecule has 2 atom stereocenters. The molecule has 0 aliphatic carbocycles. The first-order valence-corrected chi connectivity index (χ1v) is 35.1. The molecule has 1 N–H and O–H groups in total. The largest absolute Gasteiger partial charge is 0.477 e. The van der Waals surface area contributed by atoms with Gasteiger partial charge in [-0.1, -0.05) is 292 Å². The van der Waals surface area contributed by atoms with Crippen molar-refractivity contribution in [3.63, 3.8) is 0 Å². The number of carbonyl (C=O) groups excluding carboxylic acids is 2. The molecule has 0 amide bonds. The maximum absolute atomic E-state index is 12.9. The third kappa shape index (κ3) is 66.1. The van der Waals surface area contributed by atoms with Crippen molar-refractivity contribution in [2.45, 2.75) is 334 Å². The van der Waals surface area contributed by atoms with Gasteiger partial charge in [0.1, 0.15) is 13.2 Å². The number of esters is 2. The SMILES string of the molecule is CCCCCCC/C=C\C/C=C\C/C=C\CCCCCCCCCCCCCCCCCCCCC(=O)OC(COC(=O)CCCCCCCCCCCC/C=C\C/C=C\C/C=C\CCCCCCC)COC(OCC[N+](C)(C)C)C(=O)O. The summed E-state index contributed by atoms with van der Waals surface area (Å²) in [4.78, 5) is 37.6. The molecule has 0 saturated heterocycles. The van der Waals surface area contributed by atoms with Crippen LogP contribution < -0.4 is 0 Å². The van der Waals surface area contributed by atoms with Crippen molar-refractivity contribution in [2.24, 2.45) is 0 Å². The van der Waals surface area contributed by atoms with Gasteiger partial charge in [-0.25, -0.2) is 4.79 Å². The number of hydrogen-bond donors (Lipinski definition) is 1. The quantitative estimate of drug-likeness (QED) is 0.0211. The van der Waals surface area contributed by atoms with Crippen LogP contribution in [-0.2, 0) is 33.3 Å². The highest BCUT2D eigenvalue weighted by molar-refractivity contribution is 5.71. The van der Waals surface area contributed by atoms with Crippen LogP contribution in [0.25, 0.3) is 0 Å². The van der Waals surface area contributed by atoms with Crippen molar-refractivity contribution in [3.05, 3.63) is 72.9 Å². The minimum absolute atomic E-state index is 0.184. The third-order valence-electron chi connectivity index (χ3n) is 15.4. The van der Waals surface area contributed by atoms with E-state index in [1.54, 1.807) is 0 Å². The van der Waals surface area contributed by atoms with E-state index >= 15 is 0 Å². The maximum Gasteiger partial charge on any atom is 0.361 e. The molecule has 0 aromatic heterocycles. The number of carboxylic acid groups (broad SMARTS) is 1. The molecule has 0 aromatic rings. The van der Waals surface area contributed by atoms with Crippen LogP contribution in [0.2, 0.25) is 0 Å². The predicted molar refractivity (Wildman–Crippen MR) is 355 cm³/mol. The van der Waals surface area contributed by atoms with Gasteiger partial charge in [-0.05, 0) is 89.9 Å². The van der Waals surface area contributed by atoms with Crippen molar-refractivity contribution >= 4 is 17.9 Å². The standard InChI is InChI=1S/C74H133NO8/c1-6-8-10-12-14-16-18-20-22-24-26-28-30-32-33-34-35-36-37-38-39-41-43-45-47-49-51-53-55-57-59-61-63-65-72(77)83-70(69-82-74(73(78)79)80-67-66-75(3,4)5)68-81-71(76)64-62-60-58-56-54-52-50-48-46-44-42-40-31-29-27-25-23-21-19-17-15-13-11-9-7-2/h18-21,24-27,30-32,40,70,74H,6-17,22-23,28-29,33-39,41-69H2,1-5H3/p+1/b20-18-,21-19-,26-24-,27-25-,32-30-,40-31-. The van der Waals surface area contributed by atoms with Crippen molar-refractivity contribution in [1.82, 2.24) is 0 Å². The second-order valence-corrected chi connectivity index (χ2v) is 24.8. The first kappa shape index (κ1) is 79.7. The zero-order valence-corrected chi connectivity index (χ0v) is 55.1. The van der Waals surface area contributed by atoms with Crippen LogP contribution in [0.3, 0.4) is 0 Å². The Kier molecular flexibility index (Phi) is 62.2. The van der Waals surface area contributed by atoms with Gasteiger partial charge in [-0.15, -0.1) is 0 Å². The van der Waals surface area contributed by atoms with Gasteiger partial charge in [0.2, 0.25) is 0 Å². The van der Waals surface area contributed by atoms with Gasteiger partial charge < -0.3 is 28.5 Å². The molecular weight excluding hydrogens is 1030 g/mol. The summed E-state index contributed by atoms with van der Waals surface area (Å²) in [5, 5.41) is 9.75. The number of allylic oxidation sites excluding steroid dienone is 12. The van der Waals surface area contributed by atoms with Crippen LogP contribution in [0.5, 0.6) is 0 Å². The molecule has 0 rings (SSSR count). The van der Waals surface area contributed by atoms with Crippen LogP contribution in [0.1, 0.15) is 322 Å². The molecule has 2 unspecified atom stereocenters. The van der Waals surface area contributed by atoms with E-state index in [0.29, 0.717) is 17.4 Å². The van der Waals surface area contributed by atoms with Crippen molar-refractivity contribution in [2.75, 3.05) is 47.5 Å². The molecule has 482 valence electrons. The van der Waals surface area contributed by atoms with E-state index in [9.17, 15) is 19.5 Å². The normalized spacial score (nSPS) is 13.1. The number of carbonyl (C=O) groups is 3. The number of likely N-dealkylation sites (N-methyl/N-ethyl adjacent to an activating group) is 1. The highest BCUT2D eigenvalue weighted by atomic mass is 16.7. The zero-order chi connectivity index (χ0) is 60.5.